The Hall–Kier alpha value is 0.290. The van der Waals surface area contributed by atoms with Gasteiger partial charge in [0.1, 0.15) is 11.3 Å². The minimum Gasteiger partial charge on any atom is -0.363 e. The van der Waals surface area contributed by atoms with Crippen LogP contribution in [0.15, 0.2) is 15.8 Å². The van der Waals surface area contributed by atoms with Crippen molar-refractivity contribution in [3.8, 4) is 0 Å². The predicted molar refractivity (Wildman–Crippen MR) is 73.7 cm³/mol. The Morgan fingerprint density at radius 1 is 1.33 bits per heavy atom. The van der Waals surface area contributed by atoms with Gasteiger partial charge in [0.05, 0.1) is 0 Å². The second kappa shape index (κ2) is 4.65. The predicted octanol–water partition coefficient (Wildman–Crippen LogP) is 4.48. The monoisotopic (exact) mass is 339 g/mol. The summed E-state index contributed by atoms with van der Waals surface area (Å²) in [5.41, 5.74) is 1.51. The van der Waals surface area contributed by atoms with Gasteiger partial charge >= 0.3 is 0 Å². The van der Waals surface area contributed by atoms with Gasteiger partial charge in [0, 0.05) is 14.7 Å². The molecule has 1 heterocycles. The fraction of sp³-hybridized carbons (Fsp3) is 0.727. The molecule has 0 saturated heterocycles. The standard InChI is InChI=1S/C11H18INOS/c1-10(2,3)7-15-9-8(6-14-13-9)11(4,5)12/h6H,7H2,1-5H3. The van der Waals surface area contributed by atoms with E-state index in [0.29, 0.717) is 5.41 Å². The molecule has 2 nitrogen and oxygen atoms in total. The molecule has 0 N–H and O–H groups in total. The lowest BCUT2D eigenvalue weighted by molar-refractivity contribution is 0.403. The molecule has 0 unspecified atom stereocenters. The van der Waals surface area contributed by atoms with Crippen LogP contribution in [0.4, 0.5) is 0 Å². The summed E-state index contributed by atoms with van der Waals surface area (Å²) < 4.78 is 5.14. The molecule has 86 valence electrons. The first-order valence-electron chi connectivity index (χ1n) is 4.97. The molecule has 0 saturated carbocycles. The van der Waals surface area contributed by atoms with E-state index in [1.807, 2.05) is 0 Å². The van der Waals surface area contributed by atoms with E-state index in [9.17, 15) is 0 Å². The van der Waals surface area contributed by atoms with Crippen molar-refractivity contribution in [2.24, 2.45) is 5.41 Å². The lowest BCUT2D eigenvalue weighted by Crippen LogP contribution is -2.10. The summed E-state index contributed by atoms with van der Waals surface area (Å²) in [4.78, 5) is 0. The first-order valence-corrected chi connectivity index (χ1v) is 7.03. The fourth-order valence-corrected chi connectivity index (χ4v) is 2.70. The van der Waals surface area contributed by atoms with Crippen LogP contribution in [0.25, 0.3) is 0 Å². The average Bonchev–Trinajstić information content (AvgIpc) is 2.45. The van der Waals surface area contributed by atoms with Crippen LogP contribution in [0.5, 0.6) is 0 Å². The first-order chi connectivity index (χ1) is 6.70. The molecule has 0 atom stereocenters. The normalized spacial score (nSPS) is 13.2. The van der Waals surface area contributed by atoms with E-state index in [-0.39, 0.29) is 3.42 Å². The van der Waals surface area contributed by atoms with Crippen LogP contribution in [0.3, 0.4) is 0 Å². The third kappa shape index (κ3) is 4.34. The van der Waals surface area contributed by atoms with Crippen LogP contribution in [-0.2, 0) is 3.42 Å². The van der Waals surface area contributed by atoms with Crippen molar-refractivity contribution in [1.29, 1.82) is 0 Å². The molecular weight excluding hydrogens is 321 g/mol. The SMILES string of the molecule is CC(C)(C)CSc1nocc1C(C)(C)I. The van der Waals surface area contributed by atoms with E-state index in [2.05, 4.69) is 62.4 Å². The van der Waals surface area contributed by atoms with E-state index in [1.54, 1.807) is 18.0 Å². The molecule has 0 radical (unpaired) electrons. The van der Waals surface area contributed by atoms with Crippen LogP contribution >= 0.6 is 34.4 Å². The van der Waals surface area contributed by atoms with Crippen LogP contribution in [0, 0.1) is 5.41 Å². The van der Waals surface area contributed by atoms with Gasteiger partial charge in [0.25, 0.3) is 0 Å². The zero-order chi connectivity index (χ0) is 11.7. The lowest BCUT2D eigenvalue weighted by Gasteiger charge is -2.18. The van der Waals surface area contributed by atoms with Gasteiger partial charge in [0.15, 0.2) is 0 Å². The molecule has 0 aliphatic rings. The number of rotatable bonds is 3. The van der Waals surface area contributed by atoms with Gasteiger partial charge in [0.2, 0.25) is 0 Å². The number of hydrogen-bond acceptors (Lipinski definition) is 3. The molecule has 0 spiro atoms. The largest absolute Gasteiger partial charge is 0.363 e. The third-order valence-corrected chi connectivity index (χ3v) is 3.98. The van der Waals surface area contributed by atoms with Crippen molar-refractivity contribution in [1.82, 2.24) is 5.16 Å². The van der Waals surface area contributed by atoms with Gasteiger partial charge in [-0.15, -0.1) is 11.8 Å². The van der Waals surface area contributed by atoms with Gasteiger partial charge in [-0.1, -0.05) is 48.5 Å². The third-order valence-electron chi connectivity index (χ3n) is 1.82. The molecule has 1 aromatic heterocycles. The van der Waals surface area contributed by atoms with E-state index in [0.717, 1.165) is 10.8 Å². The van der Waals surface area contributed by atoms with Crippen LogP contribution < -0.4 is 0 Å². The smallest absolute Gasteiger partial charge is 0.144 e. The zero-order valence-corrected chi connectivity index (χ0v) is 12.9. The minimum absolute atomic E-state index is 0.0813. The van der Waals surface area contributed by atoms with Crippen molar-refractivity contribution in [3.63, 3.8) is 0 Å². The Kier molecular flexibility index (Phi) is 4.14. The van der Waals surface area contributed by atoms with Crippen molar-refractivity contribution in [3.05, 3.63) is 11.8 Å². The first kappa shape index (κ1) is 13.4. The second-order valence-corrected chi connectivity index (χ2v) is 9.02. The molecule has 0 aromatic carbocycles. The number of halogens is 1. The highest BCUT2D eigenvalue weighted by atomic mass is 127. The summed E-state index contributed by atoms with van der Waals surface area (Å²) in [6.45, 7) is 11.0. The highest BCUT2D eigenvalue weighted by molar-refractivity contribution is 14.1. The minimum atomic E-state index is 0.0813. The Morgan fingerprint density at radius 2 is 1.93 bits per heavy atom. The van der Waals surface area contributed by atoms with Gasteiger partial charge in [-0.25, -0.2) is 0 Å². The zero-order valence-electron chi connectivity index (χ0n) is 9.93. The molecule has 1 aromatic rings. The number of aromatic nitrogens is 1. The average molecular weight is 339 g/mol. The molecule has 15 heavy (non-hydrogen) atoms. The highest BCUT2D eigenvalue weighted by Crippen LogP contribution is 2.38. The van der Waals surface area contributed by atoms with Gasteiger partial charge < -0.3 is 4.52 Å². The van der Waals surface area contributed by atoms with Crippen molar-refractivity contribution in [2.75, 3.05) is 5.75 Å². The number of hydrogen-bond donors (Lipinski definition) is 0. The topological polar surface area (TPSA) is 26.0 Å². The molecule has 0 aliphatic carbocycles. The van der Waals surface area contributed by atoms with Crippen LogP contribution in [-0.4, -0.2) is 10.9 Å². The van der Waals surface area contributed by atoms with Gasteiger partial charge in [-0.05, 0) is 19.3 Å². The maximum absolute atomic E-state index is 5.06. The Balaban J connectivity index is 2.75. The summed E-state index contributed by atoms with van der Waals surface area (Å²) in [6.07, 6.45) is 1.76. The van der Waals surface area contributed by atoms with Crippen molar-refractivity contribution < 1.29 is 4.52 Å². The quantitative estimate of drug-likeness (QED) is 0.461. The molecule has 4 heteroatoms. The maximum Gasteiger partial charge on any atom is 0.144 e. The van der Waals surface area contributed by atoms with Crippen molar-refractivity contribution in [2.45, 2.75) is 43.1 Å². The molecule has 1 rings (SSSR count). The summed E-state index contributed by atoms with van der Waals surface area (Å²) in [5, 5.41) is 5.10. The number of nitrogens with zero attached hydrogens (tertiary/aromatic N) is 1. The highest BCUT2D eigenvalue weighted by Gasteiger charge is 2.24. The van der Waals surface area contributed by atoms with Crippen molar-refractivity contribution >= 4 is 34.4 Å². The van der Waals surface area contributed by atoms with Gasteiger partial charge in [-0.3, -0.25) is 0 Å². The molecular formula is C11H18INOS. The Bertz CT molecular complexity index is 322. The summed E-state index contributed by atoms with van der Waals surface area (Å²) >= 11 is 4.19. The molecule has 0 amide bonds. The van der Waals surface area contributed by atoms with Gasteiger partial charge in [-0.2, -0.15) is 0 Å². The lowest BCUT2D eigenvalue weighted by atomic mass is 10.0. The maximum atomic E-state index is 5.06. The summed E-state index contributed by atoms with van der Waals surface area (Å²) in [5.74, 6) is 1.05. The van der Waals surface area contributed by atoms with E-state index >= 15 is 0 Å². The molecule has 0 bridgehead atoms. The Morgan fingerprint density at radius 3 is 2.40 bits per heavy atom. The van der Waals surface area contributed by atoms with Crippen LogP contribution in [0.2, 0.25) is 0 Å². The molecule has 0 aliphatic heterocycles. The second-order valence-electron chi connectivity index (χ2n) is 5.36. The molecule has 0 fully saturated rings. The van der Waals surface area contributed by atoms with E-state index in [1.165, 1.54) is 5.56 Å². The summed E-state index contributed by atoms with van der Waals surface area (Å²) in [7, 11) is 0. The fourth-order valence-electron chi connectivity index (χ4n) is 1.01. The summed E-state index contributed by atoms with van der Waals surface area (Å²) in [6, 6.07) is 0. The number of thioether (sulfide) groups is 1. The van der Waals surface area contributed by atoms with Crippen LogP contribution in [0.1, 0.15) is 40.2 Å². The van der Waals surface area contributed by atoms with E-state index in [4.69, 9.17) is 4.52 Å². The van der Waals surface area contributed by atoms with E-state index < -0.39 is 0 Å². The Labute approximate surface area is 110 Å². The number of alkyl halides is 1.